The number of ketones is 1. The highest BCUT2D eigenvalue weighted by Gasteiger charge is 2.05. The molecule has 0 aromatic carbocycles. The number of hydrogen-bond acceptors (Lipinski definition) is 4. The van der Waals surface area contributed by atoms with Gasteiger partial charge in [-0.05, 0) is 11.6 Å². The topological polar surface area (TPSA) is 59.9 Å². The summed E-state index contributed by atoms with van der Waals surface area (Å²) < 4.78 is 0. The van der Waals surface area contributed by atoms with Crippen LogP contribution in [0.25, 0.3) is 0 Å². The minimum absolute atomic E-state index is 0.0432. The van der Waals surface area contributed by atoms with Crippen molar-refractivity contribution in [2.45, 2.75) is 6.92 Å². The number of rotatable bonds is 2. The summed E-state index contributed by atoms with van der Waals surface area (Å²) in [5, 5.41) is -0.683. The van der Waals surface area contributed by atoms with E-state index in [9.17, 15) is 9.59 Å². The van der Waals surface area contributed by atoms with Crippen molar-refractivity contribution in [3.8, 4) is 0 Å². The molecule has 1 aromatic heterocycles. The van der Waals surface area contributed by atoms with Gasteiger partial charge in [-0.1, -0.05) is 0 Å². The summed E-state index contributed by atoms with van der Waals surface area (Å²) in [6, 6.07) is 0. The van der Waals surface area contributed by atoms with E-state index in [1.54, 1.807) is 0 Å². The zero-order valence-corrected chi connectivity index (χ0v) is 7.00. The molecular weight excluding hydrogens is 180 g/mol. The molecule has 62 valence electrons. The predicted molar refractivity (Wildman–Crippen MR) is 42.2 cm³/mol. The van der Waals surface area contributed by atoms with E-state index in [0.29, 0.717) is 0 Å². The largest absolute Gasteiger partial charge is 0.293 e. The standard InChI is InChI=1S/C7H5ClN2O2/c1-4(11)5-2-10-6(3-9-5)7(8)12/h2-3H,1H3. The molecule has 0 spiro atoms. The van der Waals surface area contributed by atoms with Crippen molar-refractivity contribution in [1.29, 1.82) is 0 Å². The minimum Gasteiger partial charge on any atom is -0.293 e. The zero-order valence-electron chi connectivity index (χ0n) is 6.24. The summed E-state index contributed by atoms with van der Waals surface area (Å²) in [7, 11) is 0. The Hall–Kier alpha value is -1.29. The molecule has 0 aliphatic heterocycles. The van der Waals surface area contributed by atoms with Crippen LogP contribution < -0.4 is 0 Å². The van der Waals surface area contributed by atoms with Gasteiger partial charge in [0.1, 0.15) is 11.4 Å². The summed E-state index contributed by atoms with van der Waals surface area (Å²) >= 11 is 5.11. The molecule has 0 N–H and O–H groups in total. The summed E-state index contributed by atoms with van der Waals surface area (Å²) in [4.78, 5) is 28.5. The number of nitrogens with zero attached hydrogens (tertiary/aromatic N) is 2. The van der Waals surface area contributed by atoms with Gasteiger partial charge in [-0.3, -0.25) is 9.59 Å². The molecule has 0 radical (unpaired) electrons. The van der Waals surface area contributed by atoms with Gasteiger partial charge in [0.15, 0.2) is 5.78 Å². The second-order valence-corrected chi connectivity index (χ2v) is 2.46. The number of Topliss-reactive ketones (excluding diaryl/α,β-unsaturated/α-hetero) is 1. The molecule has 0 amide bonds. The van der Waals surface area contributed by atoms with Gasteiger partial charge >= 0.3 is 0 Å². The molecule has 1 heterocycles. The quantitative estimate of drug-likeness (QED) is 0.509. The lowest BCUT2D eigenvalue weighted by molar-refractivity contribution is 0.101. The molecule has 4 nitrogen and oxygen atoms in total. The molecule has 1 rings (SSSR count). The molecule has 0 bridgehead atoms. The third-order valence-electron chi connectivity index (χ3n) is 1.21. The number of aromatic nitrogens is 2. The van der Waals surface area contributed by atoms with Gasteiger partial charge in [-0.15, -0.1) is 0 Å². The Balaban J connectivity index is 3.01. The zero-order chi connectivity index (χ0) is 9.14. The maximum absolute atomic E-state index is 10.7. The maximum atomic E-state index is 10.7. The molecule has 0 unspecified atom stereocenters. The van der Waals surface area contributed by atoms with E-state index in [1.165, 1.54) is 19.3 Å². The third-order valence-corrected chi connectivity index (χ3v) is 1.41. The van der Waals surface area contributed by atoms with E-state index in [4.69, 9.17) is 11.6 Å². The second-order valence-electron chi connectivity index (χ2n) is 2.12. The number of carbonyl (C=O) groups excluding carboxylic acids is 2. The average molecular weight is 185 g/mol. The van der Waals surface area contributed by atoms with Crippen molar-refractivity contribution in [2.24, 2.45) is 0 Å². The Morgan fingerprint density at radius 1 is 1.25 bits per heavy atom. The summed E-state index contributed by atoms with van der Waals surface area (Å²) in [5.74, 6) is -0.198. The molecule has 0 fully saturated rings. The predicted octanol–water partition coefficient (Wildman–Crippen LogP) is 1.06. The van der Waals surface area contributed by atoms with Crippen LogP contribution >= 0.6 is 11.6 Å². The lowest BCUT2D eigenvalue weighted by atomic mass is 10.3. The van der Waals surface area contributed by atoms with Gasteiger partial charge in [0.05, 0.1) is 12.4 Å². The van der Waals surface area contributed by atoms with Crippen molar-refractivity contribution in [3.63, 3.8) is 0 Å². The average Bonchev–Trinajstić information content (AvgIpc) is 2.04. The molecule has 0 saturated heterocycles. The van der Waals surface area contributed by atoms with Gasteiger partial charge in [-0.2, -0.15) is 0 Å². The van der Waals surface area contributed by atoms with Crippen LogP contribution in [-0.4, -0.2) is 21.0 Å². The Kier molecular flexibility index (Phi) is 2.50. The first-order valence-corrected chi connectivity index (χ1v) is 3.52. The number of halogens is 1. The smallest absolute Gasteiger partial charge is 0.272 e. The monoisotopic (exact) mass is 184 g/mol. The Morgan fingerprint density at radius 3 is 2.08 bits per heavy atom. The van der Waals surface area contributed by atoms with Crippen LogP contribution in [0.3, 0.4) is 0 Å². The fourth-order valence-corrected chi connectivity index (χ4v) is 0.709. The van der Waals surface area contributed by atoms with Crippen LogP contribution in [0.1, 0.15) is 27.9 Å². The van der Waals surface area contributed by atoms with Crippen LogP contribution in [0.15, 0.2) is 12.4 Å². The van der Waals surface area contributed by atoms with E-state index in [2.05, 4.69) is 9.97 Å². The molecule has 0 saturated carbocycles. The fraction of sp³-hybridized carbons (Fsp3) is 0.143. The Bertz CT molecular complexity index is 288. The normalized spacial score (nSPS) is 9.50. The molecule has 0 aliphatic carbocycles. The summed E-state index contributed by atoms with van der Waals surface area (Å²) in [6.07, 6.45) is 2.39. The van der Waals surface area contributed by atoms with E-state index in [0.717, 1.165) is 0 Å². The second kappa shape index (κ2) is 3.40. The first-order chi connectivity index (χ1) is 5.61. The first kappa shape index (κ1) is 8.80. The minimum atomic E-state index is -0.683. The summed E-state index contributed by atoms with van der Waals surface area (Å²) in [5.41, 5.74) is 0.262. The molecular formula is C7H5ClN2O2. The van der Waals surface area contributed by atoms with Crippen LogP contribution in [0.5, 0.6) is 0 Å². The number of hydrogen-bond donors (Lipinski definition) is 0. The van der Waals surface area contributed by atoms with E-state index < -0.39 is 5.24 Å². The van der Waals surface area contributed by atoms with Crippen molar-refractivity contribution in [1.82, 2.24) is 9.97 Å². The summed E-state index contributed by atoms with van der Waals surface area (Å²) in [6.45, 7) is 1.37. The van der Waals surface area contributed by atoms with E-state index in [1.807, 2.05) is 0 Å². The Labute approximate surface area is 73.6 Å². The number of carbonyl (C=O) groups is 2. The van der Waals surface area contributed by atoms with Gasteiger partial charge in [0.2, 0.25) is 0 Å². The van der Waals surface area contributed by atoms with Crippen molar-refractivity contribution in [2.75, 3.05) is 0 Å². The van der Waals surface area contributed by atoms with Crippen molar-refractivity contribution < 1.29 is 9.59 Å². The van der Waals surface area contributed by atoms with Crippen molar-refractivity contribution >= 4 is 22.6 Å². The van der Waals surface area contributed by atoms with Gasteiger partial charge in [0, 0.05) is 6.92 Å². The lowest BCUT2D eigenvalue weighted by Crippen LogP contribution is -2.01. The molecule has 0 atom stereocenters. The highest BCUT2D eigenvalue weighted by atomic mass is 35.5. The Morgan fingerprint density at radius 2 is 1.75 bits per heavy atom. The van der Waals surface area contributed by atoms with Crippen LogP contribution in [0, 0.1) is 0 Å². The van der Waals surface area contributed by atoms with E-state index in [-0.39, 0.29) is 17.2 Å². The highest BCUT2D eigenvalue weighted by molar-refractivity contribution is 6.67. The van der Waals surface area contributed by atoms with Crippen LogP contribution in [-0.2, 0) is 0 Å². The van der Waals surface area contributed by atoms with Gasteiger partial charge < -0.3 is 0 Å². The SMILES string of the molecule is CC(=O)c1cnc(C(=O)Cl)cn1. The first-order valence-electron chi connectivity index (χ1n) is 3.14. The van der Waals surface area contributed by atoms with Crippen LogP contribution in [0.4, 0.5) is 0 Å². The van der Waals surface area contributed by atoms with Gasteiger partial charge in [-0.25, -0.2) is 9.97 Å². The van der Waals surface area contributed by atoms with E-state index >= 15 is 0 Å². The lowest BCUT2D eigenvalue weighted by Gasteiger charge is -1.93. The highest BCUT2D eigenvalue weighted by Crippen LogP contribution is 1.99. The molecule has 5 heteroatoms. The van der Waals surface area contributed by atoms with Crippen LogP contribution in [0.2, 0.25) is 0 Å². The van der Waals surface area contributed by atoms with Gasteiger partial charge in [0.25, 0.3) is 5.24 Å². The molecule has 1 aromatic rings. The molecule has 12 heavy (non-hydrogen) atoms. The molecule has 0 aliphatic rings. The third kappa shape index (κ3) is 1.85. The maximum Gasteiger partial charge on any atom is 0.272 e. The fourth-order valence-electron chi connectivity index (χ4n) is 0.611. The van der Waals surface area contributed by atoms with Crippen molar-refractivity contribution in [3.05, 3.63) is 23.8 Å².